The largest absolute Gasteiger partial charge is 0.377 e. The van der Waals surface area contributed by atoms with E-state index in [0.717, 1.165) is 10.7 Å². The van der Waals surface area contributed by atoms with E-state index in [1.165, 1.54) is 5.56 Å². The van der Waals surface area contributed by atoms with Crippen LogP contribution < -0.4 is 5.32 Å². The quantitative estimate of drug-likeness (QED) is 0.795. The van der Waals surface area contributed by atoms with Crippen LogP contribution in [0.25, 0.3) is 0 Å². The van der Waals surface area contributed by atoms with Crippen LogP contribution in [0, 0.1) is 6.92 Å². The second kappa shape index (κ2) is 5.06. The van der Waals surface area contributed by atoms with Gasteiger partial charge in [-0.25, -0.2) is 0 Å². The Hall–Kier alpha value is -0.950. The van der Waals surface area contributed by atoms with Gasteiger partial charge in [-0.3, -0.25) is 0 Å². The molecule has 0 amide bonds. The summed E-state index contributed by atoms with van der Waals surface area (Å²) in [5, 5.41) is 4.20. The van der Waals surface area contributed by atoms with Crippen LogP contribution in [0.15, 0.2) is 35.4 Å². The highest BCUT2D eigenvalue weighted by molar-refractivity contribution is 6.30. The van der Waals surface area contributed by atoms with Gasteiger partial charge in [0.25, 0.3) is 0 Å². The van der Waals surface area contributed by atoms with E-state index in [4.69, 9.17) is 11.6 Å². The van der Waals surface area contributed by atoms with Crippen molar-refractivity contribution in [1.29, 1.82) is 0 Å². The third kappa shape index (κ3) is 2.78. The summed E-state index contributed by atoms with van der Waals surface area (Å²) in [7, 11) is 0. The number of benzene rings is 1. The lowest BCUT2D eigenvalue weighted by molar-refractivity contribution is 0.972. The zero-order valence-corrected chi connectivity index (χ0v) is 9.60. The minimum Gasteiger partial charge on any atom is -0.377 e. The molecule has 76 valence electrons. The van der Waals surface area contributed by atoms with Crippen LogP contribution in [0.2, 0.25) is 0 Å². The molecular formula is C12H16ClN. The van der Waals surface area contributed by atoms with Gasteiger partial charge in [-0.05, 0) is 32.4 Å². The SMILES string of the molecule is C/C=C(\Cl)C(C)Nc1ccccc1C. The summed E-state index contributed by atoms with van der Waals surface area (Å²) in [5.41, 5.74) is 2.37. The summed E-state index contributed by atoms with van der Waals surface area (Å²) in [6.07, 6.45) is 1.91. The topological polar surface area (TPSA) is 12.0 Å². The number of nitrogens with one attached hydrogen (secondary N) is 1. The minimum absolute atomic E-state index is 0.169. The van der Waals surface area contributed by atoms with Crippen molar-refractivity contribution in [3.05, 3.63) is 40.9 Å². The molecule has 0 heterocycles. The number of halogens is 1. The van der Waals surface area contributed by atoms with E-state index in [9.17, 15) is 0 Å². The molecule has 1 aromatic carbocycles. The van der Waals surface area contributed by atoms with Gasteiger partial charge in [-0.2, -0.15) is 0 Å². The highest BCUT2D eigenvalue weighted by atomic mass is 35.5. The van der Waals surface area contributed by atoms with Crippen molar-refractivity contribution in [2.45, 2.75) is 26.8 Å². The molecule has 1 N–H and O–H groups in total. The van der Waals surface area contributed by atoms with E-state index in [2.05, 4.69) is 31.3 Å². The fraction of sp³-hybridized carbons (Fsp3) is 0.333. The molecule has 0 aliphatic carbocycles. The van der Waals surface area contributed by atoms with Gasteiger partial charge in [-0.15, -0.1) is 0 Å². The van der Waals surface area contributed by atoms with Crippen molar-refractivity contribution in [3.8, 4) is 0 Å². The second-order valence-electron chi connectivity index (χ2n) is 3.35. The number of anilines is 1. The summed E-state index contributed by atoms with van der Waals surface area (Å²) in [6.45, 7) is 6.08. The summed E-state index contributed by atoms with van der Waals surface area (Å²) in [4.78, 5) is 0. The van der Waals surface area contributed by atoms with Crippen molar-refractivity contribution in [2.75, 3.05) is 5.32 Å². The summed E-state index contributed by atoms with van der Waals surface area (Å²) < 4.78 is 0. The van der Waals surface area contributed by atoms with Crippen LogP contribution in [-0.4, -0.2) is 6.04 Å². The monoisotopic (exact) mass is 209 g/mol. The molecule has 0 aromatic heterocycles. The number of para-hydroxylation sites is 1. The van der Waals surface area contributed by atoms with E-state index in [-0.39, 0.29) is 6.04 Å². The van der Waals surface area contributed by atoms with E-state index >= 15 is 0 Å². The number of hydrogen-bond acceptors (Lipinski definition) is 1. The third-order valence-electron chi connectivity index (χ3n) is 2.21. The van der Waals surface area contributed by atoms with Gasteiger partial charge in [0.2, 0.25) is 0 Å². The van der Waals surface area contributed by atoms with Crippen LogP contribution in [0.4, 0.5) is 5.69 Å². The predicted molar refractivity (Wildman–Crippen MR) is 63.9 cm³/mol. The average Bonchev–Trinajstić information content (AvgIpc) is 2.20. The first-order valence-corrected chi connectivity index (χ1v) is 5.17. The van der Waals surface area contributed by atoms with Crippen molar-refractivity contribution in [2.24, 2.45) is 0 Å². The number of aryl methyl sites for hydroxylation is 1. The first-order valence-electron chi connectivity index (χ1n) is 4.79. The molecule has 1 unspecified atom stereocenters. The average molecular weight is 210 g/mol. The van der Waals surface area contributed by atoms with Gasteiger partial charge in [0.05, 0.1) is 6.04 Å². The number of hydrogen-bond donors (Lipinski definition) is 1. The van der Waals surface area contributed by atoms with E-state index in [1.807, 2.05) is 25.1 Å². The molecule has 1 aromatic rings. The normalized spacial score (nSPS) is 13.9. The highest BCUT2D eigenvalue weighted by Crippen LogP contribution is 2.18. The lowest BCUT2D eigenvalue weighted by Gasteiger charge is -2.16. The maximum absolute atomic E-state index is 6.02. The van der Waals surface area contributed by atoms with Crippen LogP contribution in [0.1, 0.15) is 19.4 Å². The molecule has 14 heavy (non-hydrogen) atoms. The molecule has 0 saturated carbocycles. The molecule has 0 aliphatic rings. The molecule has 0 radical (unpaired) electrons. The Morgan fingerprint density at radius 2 is 2.07 bits per heavy atom. The smallest absolute Gasteiger partial charge is 0.0588 e. The zero-order valence-electron chi connectivity index (χ0n) is 8.84. The summed E-state index contributed by atoms with van der Waals surface area (Å²) in [5.74, 6) is 0. The maximum atomic E-state index is 6.02. The van der Waals surface area contributed by atoms with Crippen molar-refractivity contribution < 1.29 is 0 Å². The lowest BCUT2D eigenvalue weighted by atomic mass is 10.2. The van der Waals surface area contributed by atoms with Crippen LogP contribution in [-0.2, 0) is 0 Å². The molecule has 0 saturated heterocycles. The first kappa shape index (κ1) is 11.1. The van der Waals surface area contributed by atoms with Gasteiger partial charge >= 0.3 is 0 Å². The molecule has 0 aliphatic heterocycles. The Balaban J connectivity index is 2.74. The van der Waals surface area contributed by atoms with E-state index in [0.29, 0.717) is 0 Å². The van der Waals surface area contributed by atoms with Crippen molar-refractivity contribution in [1.82, 2.24) is 0 Å². The van der Waals surface area contributed by atoms with Crippen LogP contribution in [0.3, 0.4) is 0 Å². The van der Waals surface area contributed by atoms with Gasteiger partial charge in [-0.1, -0.05) is 35.9 Å². The molecule has 2 heteroatoms. The maximum Gasteiger partial charge on any atom is 0.0588 e. The Bertz CT molecular complexity index is 331. The second-order valence-corrected chi connectivity index (χ2v) is 3.79. The molecule has 1 rings (SSSR count). The fourth-order valence-electron chi connectivity index (χ4n) is 1.29. The molecule has 0 fully saturated rings. The predicted octanol–water partition coefficient (Wildman–Crippen LogP) is 3.94. The van der Waals surface area contributed by atoms with Crippen LogP contribution in [0.5, 0.6) is 0 Å². The van der Waals surface area contributed by atoms with Gasteiger partial charge in [0, 0.05) is 10.7 Å². The Labute approximate surface area is 90.8 Å². The Kier molecular flexibility index (Phi) is 4.02. The van der Waals surface area contributed by atoms with Gasteiger partial charge in [0.15, 0.2) is 0 Å². The lowest BCUT2D eigenvalue weighted by Crippen LogP contribution is -2.15. The minimum atomic E-state index is 0.169. The molecular weight excluding hydrogens is 194 g/mol. The van der Waals surface area contributed by atoms with Crippen LogP contribution >= 0.6 is 11.6 Å². The number of allylic oxidation sites excluding steroid dienone is 1. The molecule has 0 bridgehead atoms. The zero-order chi connectivity index (χ0) is 10.6. The standard InChI is InChI=1S/C12H16ClN/c1-4-11(13)10(3)14-12-8-6-5-7-9(12)2/h4-8,10,14H,1-3H3/b11-4-. The summed E-state index contributed by atoms with van der Waals surface area (Å²) in [6, 6.07) is 8.36. The number of rotatable bonds is 3. The first-order chi connectivity index (χ1) is 6.65. The molecule has 1 atom stereocenters. The molecule has 0 spiro atoms. The molecule has 1 nitrogen and oxygen atoms in total. The van der Waals surface area contributed by atoms with E-state index < -0.39 is 0 Å². The van der Waals surface area contributed by atoms with Gasteiger partial charge in [0.1, 0.15) is 0 Å². The Morgan fingerprint density at radius 1 is 1.43 bits per heavy atom. The fourth-order valence-corrected chi connectivity index (χ4v) is 1.34. The highest BCUT2D eigenvalue weighted by Gasteiger charge is 2.05. The summed E-state index contributed by atoms with van der Waals surface area (Å²) >= 11 is 6.02. The van der Waals surface area contributed by atoms with Crippen molar-refractivity contribution >= 4 is 17.3 Å². The Morgan fingerprint density at radius 3 is 2.64 bits per heavy atom. The van der Waals surface area contributed by atoms with Gasteiger partial charge < -0.3 is 5.32 Å². The van der Waals surface area contributed by atoms with E-state index in [1.54, 1.807) is 0 Å². The third-order valence-corrected chi connectivity index (χ3v) is 2.75. The van der Waals surface area contributed by atoms with Crippen molar-refractivity contribution in [3.63, 3.8) is 0 Å².